The van der Waals surface area contributed by atoms with Crippen molar-refractivity contribution in [3.8, 4) is 11.5 Å². The van der Waals surface area contributed by atoms with Gasteiger partial charge >= 0.3 is 0 Å². The Morgan fingerprint density at radius 3 is 2.38 bits per heavy atom. The summed E-state index contributed by atoms with van der Waals surface area (Å²) < 4.78 is 29.3. The van der Waals surface area contributed by atoms with Gasteiger partial charge in [0.1, 0.15) is 11.5 Å². The lowest BCUT2D eigenvalue weighted by Gasteiger charge is -2.57. The largest absolute Gasteiger partial charge is 0.494 e. The maximum absolute atomic E-state index is 6.41. The molecule has 4 aliphatic carbocycles. The van der Waals surface area contributed by atoms with Gasteiger partial charge in [-0.25, -0.2) is 0 Å². The van der Waals surface area contributed by atoms with Crippen LogP contribution in [0.15, 0.2) is 60.7 Å². The molecule has 1 saturated heterocycles. The maximum Gasteiger partial charge on any atom is 0.189 e. The second-order valence-corrected chi connectivity index (χ2v) is 13.1. The van der Waals surface area contributed by atoms with Gasteiger partial charge in [0.15, 0.2) is 6.79 Å². The van der Waals surface area contributed by atoms with Crippen LogP contribution in [-0.4, -0.2) is 59.5 Å². The third kappa shape index (κ3) is 5.86. The fourth-order valence-corrected chi connectivity index (χ4v) is 8.79. The zero-order valence-corrected chi connectivity index (χ0v) is 25.0. The van der Waals surface area contributed by atoms with Gasteiger partial charge in [0.05, 0.1) is 39.1 Å². The lowest BCUT2D eigenvalue weighted by molar-refractivity contribution is -0.0188. The summed E-state index contributed by atoms with van der Waals surface area (Å²) in [4.78, 5) is 2.52. The summed E-state index contributed by atoms with van der Waals surface area (Å²) in [6.07, 6.45) is 9.12. The third-order valence-electron chi connectivity index (χ3n) is 10.3. The molecule has 224 valence electrons. The fourth-order valence-electron chi connectivity index (χ4n) is 8.79. The molecule has 0 aromatic heterocycles. The number of hydrogen-bond acceptors (Lipinski definition) is 6. The highest BCUT2D eigenvalue weighted by Crippen LogP contribution is 2.62. The summed E-state index contributed by atoms with van der Waals surface area (Å²) in [5.74, 6) is 4.55. The van der Waals surface area contributed by atoms with E-state index >= 15 is 0 Å². The summed E-state index contributed by atoms with van der Waals surface area (Å²) in [6.45, 7) is 4.42. The molecule has 0 N–H and O–H groups in total. The molecule has 0 spiro atoms. The number of benzene rings is 3. The number of hydrogen-bond donors (Lipinski definition) is 0. The Labute approximate surface area is 250 Å². The highest BCUT2D eigenvalue weighted by molar-refractivity contribution is 5.88. The predicted molar refractivity (Wildman–Crippen MR) is 166 cm³/mol. The lowest BCUT2D eigenvalue weighted by atomic mass is 9.48. The van der Waals surface area contributed by atoms with Crippen molar-refractivity contribution in [1.82, 2.24) is 0 Å². The van der Waals surface area contributed by atoms with E-state index in [4.69, 9.17) is 23.7 Å². The highest BCUT2D eigenvalue weighted by Gasteiger charge is 2.52. The van der Waals surface area contributed by atoms with Crippen LogP contribution in [0.5, 0.6) is 11.5 Å². The molecule has 4 saturated carbocycles. The number of ether oxygens (including phenoxy) is 5. The Morgan fingerprint density at radius 2 is 1.62 bits per heavy atom. The first kappa shape index (κ1) is 28.0. The van der Waals surface area contributed by atoms with Crippen molar-refractivity contribution in [1.29, 1.82) is 0 Å². The SMILES string of the molecule is COCCOCOc1cc2ccc(N3CCOCC3CCOc3ccccc3)cc2cc1C12CC3CC(CC(C3)C1)C2. The molecule has 3 aromatic carbocycles. The van der Waals surface area contributed by atoms with Crippen LogP contribution in [0.25, 0.3) is 10.8 Å². The van der Waals surface area contributed by atoms with Crippen molar-refractivity contribution in [2.24, 2.45) is 17.8 Å². The van der Waals surface area contributed by atoms with Crippen LogP contribution in [-0.2, 0) is 19.6 Å². The van der Waals surface area contributed by atoms with Crippen LogP contribution in [0.3, 0.4) is 0 Å². The molecule has 6 nitrogen and oxygen atoms in total. The molecule has 1 atom stereocenters. The second-order valence-electron chi connectivity index (χ2n) is 13.1. The van der Waals surface area contributed by atoms with Crippen LogP contribution < -0.4 is 14.4 Å². The first-order valence-corrected chi connectivity index (χ1v) is 16.0. The van der Waals surface area contributed by atoms with Gasteiger partial charge in [-0.05, 0) is 109 Å². The maximum atomic E-state index is 6.41. The predicted octanol–water partition coefficient (Wildman–Crippen LogP) is 6.98. The van der Waals surface area contributed by atoms with Crippen molar-refractivity contribution in [3.63, 3.8) is 0 Å². The molecule has 6 heteroatoms. The van der Waals surface area contributed by atoms with Crippen molar-refractivity contribution < 1.29 is 23.7 Å². The van der Waals surface area contributed by atoms with Gasteiger partial charge in [-0.2, -0.15) is 0 Å². The molecule has 4 bridgehead atoms. The molecule has 5 aliphatic rings. The Bertz CT molecular complexity index is 1310. The highest BCUT2D eigenvalue weighted by atomic mass is 16.7. The molecule has 0 radical (unpaired) electrons. The first-order chi connectivity index (χ1) is 20.7. The Morgan fingerprint density at radius 1 is 0.833 bits per heavy atom. The molecule has 5 fully saturated rings. The van der Waals surface area contributed by atoms with Crippen LogP contribution in [0.2, 0.25) is 0 Å². The van der Waals surface area contributed by atoms with Crippen LogP contribution in [0.1, 0.15) is 50.5 Å². The zero-order chi connectivity index (χ0) is 28.4. The molecule has 3 aromatic rings. The zero-order valence-electron chi connectivity index (χ0n) is 25.0. The van der Waals surface area contributed by atoms with E-state index in [2.05, 4.69) is 35.2 Å². The number of morpholine rings is 1. The molecule has 1 heterocycles. The molecule has 8 rings (SSSR count). The smallest absolute Gasteiger partial charge is 0.189 e. The minimum Gasteiger partial charge on any atom is -0.494 e. The lowest BCUT2D eigenvalue weighted by Crippen LogP contribution is -2.48. The number of para-hydroxylation sites is 1. The molecular formula is C36H45NO5. The molecule has 42 heavy (non-hydrogen) atoms. The molecular weight excluding hydrogens is 526 g/mol. The fraction of sp³-hybridized carbons (Fsp3) is 0.556. The number of anilines is 1. The standard InChI is InChI=1S/C36H45NO5/c1-38-13-14-40-25-42-35-20-29-7-8-31(37-10-12-39-24-32(37)9-11-41-33-5-3-2-4-6-33)18-30(29)19-34(35)36-21-26-15-27(22-36)17-28(16-26)23-36/h2-8,18-20,26-28,32H,9-17,21-25H2,1H3. The minimum atomic E-state index is 0.233. The Hall–Kier alpha value is -2.80. The van der Waals surface area contributed by atoms with Crippen LogP contribution >= 0.6 is 0 Å². The van der Waals surface area contributed by atoms with Crippen LogP contribution in [0.4, 0.5) is 5.69 Å². The van der Waals surface area contributed by atoms with Crippen molar-refractivity contribution in [2.45, 2.75) is 56.4 Å². The van der Waals surface area contributed by atoms with Gasteiger partial charge in [-0.1, -0.05) is 24.3 Å². The van der Waals surface area contributed by atoms with E-state index in [9.17, 15) is 0 Å². The number of rotatable bonds is 12. The van der Waals surface area contributed by atoms with E-state index in [0.717, 1.165) is 55.4 Å². The van der Waals surface area contributed by atoms with E-state index in [1.54, 1.807) is 7.11 Å². The van der Waals surface area contributed by atoms with Gasteiger partial charge in [0.25, 0.3) is 0 Å². The minimum absolute atomic E-state index is 0.233. The van der Waals surface area contributed by atoms with Crippen molar-refractivity contribution in [3.05, 3.63) is 66.2 Å². The third-order valence-corrected chi connectivity index (χ3v) is 10.3. The number of methoxy groups -OCH3 is 1. The molecule has 0 amide bonds. The van der Waals surface area contributed by atoms with E-state index in [1.165, 1.54) is 60.5 Å². The summed E-state index contributed by atoms with van der Waals surface area (Å²) in [7, 11) is 1.70. The summed E-state index contributed by atoms with van der Waals surface area (Å²) in [5.41, 5.74) is 2.91. The van der Waals surface area contributed by atoms with Gasteiger partial charge in [-0.15, -0.1) is 0 Å². The number of fused-ring (bicyclic) bond motifs is 1. The topological polar surface area (TPSA) is 49.4 Å². The quantitative estimate of drug-likeness (QED) is 0.173. The van der Waals surface area contributed by atoms with E-state index in [0.29, 0.717) is 19.8 Å². The van der Waals surface area contributed by atoms with Gasteiger partial charge in [0, 0.05) is 31.3 Å². The second kappa shape index (κ2) is 12.4. The van der Waals surface area contributed by atoms with Gasteiger partial charge in [0.2, 0.25) is 0 Å². The molecule has 1 unspecified atom stereocenters. The monoisotopic (exact) mass is 571 g/mol. The summed E-state index contributed by atoms with van der Waals surface area (Å²) in [6, 6.07) is 22.1. The van der Waals surface area contributed by atoms with E-state index in [-0.39, 0.29) is 18.2 Å². The molecule has 1 aliphatic heterocycles. The first-order valence-electron chi connectivity index (χ1n) is 16.0. The summed E-state index contributed by atoms with van der Waals surface area (Å²) >= 11 is 0. The number of nitrogens with zero attached hydrogens (tertiary/aromatic N) is 1. The Kier molecular flexibility index (Phi) is 8.29. The summed E-state index contributed by atoms with van der Waals surface area (Å²) in [5, 5.41) is 2.52. The van der Waals surface area contributed by atoms with Crippen molar-refractivity contribution >= 4 is 16.5 Å². The van der Waals surface area contributed by atoms with Gasteiger partial charge < -0.3 is 28.6 Å². The Balaban J connectivity index is 1.16. The van der Waals surface area contributed by atoms with Gasteiger partial charge in [-0.3, -0.25) is 0 Å². The van der Waals surface area contributed by atoms with Crippen LogP contribution in [0, 0.1) is 17.8 Å². The van der Waals surface area contributed by atoms with Crippen molar-refractivity contribution in [2.75, 3.05) is 58.4 Å². The average molecular weight is 572 g/mol. The normalized spacial score (nSPS) is 28.4. The average Bonchev–Trinajstić information content (AvgIpc) is 3.00. The van der Waals surface area contributed by atoms with E-state index < -0.39 is 0 Å². The van der Waals surface area contributed by atoms with E-state index in [1.807, 2.05) is 30.3 Å².